The van der Waals surface area contributed by atoms with Crippen molar-refractivity contribution >= 4 is 11.7 Å². The first-order chi connectivity index (χ1) is 8.58. The summed E-state index contributed by atoms with van der Waals surface area (Å²) < 4.78 is 6.94. The van der Waals surface area contributed by atoms with Gasteiger partial charge in [0.2, 0.25) is 0 Å². The average molecular weight is 248 g/mol. The Morgan fingerprint density at radius 2 is 2.33 bits per heavy atom. The maximum absolute atomic E-state index is 11.1. The van der Waals surface area contributed by atoms with Gasteiger partial charge in [0, 0.05) is 12.7 Å². The van der Waals surface area contributed by atoms with Crippen molar-refractivity contribution in [1.82, 2.24) is 15.0 Å². The first kappa shape index (κ1) is 11.9. The van der Waals surface area contributed by atoms with E-state index in [9.17, 15) is 4.79 Å². The minimum absolute atomic E-state index is 0.0404. The number of aromatic carboxylic acids is 1. The summed E-state index contributed by atoms with van der Waals surface area (Å²) >= 11 is 0. The van der Waals surface area contributed by atoms with Gasteiger partial charge < -0.3 is 15.6 Å². The maximum atomic E-state index is 11.1. The number of ether oxygens (including phenoxy) is 1. The lowest BCUT2D eigenvalue weighted by Gasteiger charge is -2.09. The van der Waals surface area contributed by atoms with Crippen LogP contribution in [0.2, 0.25) is 0 Å². The van der Waals surface area contributed by atoms with Gasteiger partial charge in [-0.1, -0.05) is 11.3 Å². The number of nitrogen functional groups attached to an aromatic ring is 1. The molecular formula is C11H12N4O3. The van der Waals surface area contributed by atoms with Crippen LogP contribution in [0, 0.1) is 0 Å². The van der Waals surface area contributed by atoms with Crippen LogP contribution in [-0.2, 0) is 13.7 Å². The molecule has 0 amide bonds. The highest BCUT2D eigenvalue weighted by atomic mass is 16.5. The third-order valence-electron chi connectivity index (χ3n) is 2.30. The van der Waals surface area contributed by atoms with Gasteiger partial charge in [-0.05, 0) is 12.1 Å². The number of nitrogens with two attached hydrogens (primary N) is 1. The van der Waals surface area contributed by atoms with E-state index < -0.39 is 5.97 Å². The van der Waals surface area contributed by atoms with E-state index in [0.29, 0.717) is 5.69 Å². The Balaban J connectivity index is 2.19. The van der Waals surface area contributed by atoms with Gasteiger partial charge in [0.15, 0.2) is 0 Å². The third-order valence-corrected chi connectivity index (χ3v) is 2.30. The van der Waals surface area contributed by atoms with Crippen molar-refractivity contribution < 1.29 is 14.6 Å². The van der Waals surface area contributed by atoms with E-state index in [4.69, 9.17) is 15.6 Å². The average Bonchev–Trinajstić information content (AvgIpc) is 2.72. The Bertz CT molecular complexity index is 579. The maximum Gasteiger partial charge on any atom is 0.341 e. The highest BCUT2D eigenvalue weighted by molar-refractivity contribution is 5.96. The zero-order chi connectivity index (χ0) is 13.1. The van der Waals surface area contributed by atoms with E-state index in [-0.39, 0.29) is 23.6 Å². The van der Waals surface area contributed by atoms with E-state index in [1.165, 1.54) is 10.7 Å². The minimum atomic E-state index is -1.12. The molecular weight excluding hydrogens is 236 g/mol. The molecule has 1 heterocycles. The van der Waals surface area contributed by atoms with E-state index in [2.05, 4.69) is 10.3 Å². The Morgan fingerprint density at radius 3 is 2.94 bits per heavy atom. The van der Waals surface area contributed by atoms with Crippen molar-refractivity contribution in [3.8, 4) is 5.75 Å². The molecule has 0 aliphatic heterocycles. The zero-order valence-corrected chi connectivity index (χ0v) is 9.70. The molecule has 0 aliphatic carbocycles. The van der Waals surface area contributed by atoms with Crippen molar-refractivity contribution in [2.24, 2.45) is 7.05 Å². The fourth-order valence-corrected chi connectivity index (χ4v) is 1.51. The number of aryl methyl sites for hydroxylation is 1. The molecule has 18 heavy (non-hydrogen) atoms. The van der Waals surface area contributed by atoms with Gasteiger partial charge in [-0.3, -0.25) is 4.68 Å². The Morgan fingerprint density at radius 1 is 1.56 bits per heavy atom. The monoisotopic (exact) mass is 248 g/mol. The SMILES string of the molecule is Cn1cc(COc2cccc(N)c2C(=O)O)nn1. The Labute approximate surface area is 103 Å². The number of anilines is 1. The molecule has 0 bridgehead atoms. The summed E-state index contributed by atoms with van der Waals surface area (Å²) in [6, 6.07) is 4.70. The Kier molecular flexibility index (Phi) is 3.13. The van der Waals surface area contributed by atoms with Crippen LogP contribution in [0.5, 0.6) is 5.75 Å². The smallest absolute Gasteiger partial charge is 0.341 e. The number of nitrogens with zero attached hydrogens (tertiary/aromatic N) is 3. The van der Waals surface area contributed by atoms with Gasteiger partial charge in [-0.15, -0.1) is 5.10 Å². The highest BCUT2D eigenvalue weighted by Crippen LogP contribution is 2.24. The number of rotatable bonds is 4. The van der Waals surface area contributed by atoms with Crippen LogP contribution < -0.4 is 10.5 Å². The highest BCUT2D eigenvalue weighted by Gasteiger charge is 2.15. The predicted molar refractivity (Wildman–Crippen MR) is 63.1 cm³/mol. The molecule has 0 saturated carbocycles. The summed E-state index contributed by atoms with van der Waals surface area (Å²) in [6.45, 7) is 0.136. The molecule has 3 N–H and O–H groups in total. The summed E-state index contributed by atoms with van der Waals surface area (Å²) in [6.07, 6.45) is 1.69. The number of carboxylic acids is 1. The van der Waals surface area contributed by atoms with Gasteiger partial charge in [0.1, 0.15) is 23.6 Å². The van der Waals surface area contributed by atoms with Crippen molar-refractivity contribution in [3.63, 3.8) is 0 Å². The van der Waals surface area contributed by atoms with Crippen LogP contribution in [0.3, 0.4) is 0 Å². The number of hydrogen-bond acceptors (Lipinski definition) is 5. The summed E-state index contributed by atoms with van der Waals surface area (Å²) in [7, 11) is 1.74. The number of carbonyl (C=O) groups is 1. The first-order valence-corrected chi connectivity index (χ1v) is 5.17. The lowest BCUT2D eigenvalue weighted by Crippen LogP contribution is -2.07. The molecule has 7 nitrogen and oxygen atoms in total. The van der Waals surface area contributed by atoms with Crippen LogP contribution in [-0.4, -0.2) is 26.1 Å². The topological polar surface area (TPSA) is 103 Å². The van der Waals surface area contributed by atoms with Crippen molar-refractivity contribution in [2.75, 3.05) is 5.73 Å². The van der Waals surface area contributed by atoms with E-state index in [0.717, 1.165) is 0 Å². The summed E-state index contributed by atoms with van der Waals surface area (Å²) in [4.78, 5) is 11.1. The third kappa shape index (κ3) is 2.40. The normalized spacial score (nSPS) is 10.3. The standard InChI is InChI=1S/C11H12N4O3/c1-15-5-7(13-14-15)6-18-9-4-2-3-8(12)10(9)11(16)17/h2-5H,6,12H2,1H3,(H,16,17). The fourth-order valence-electron chi connectivity index (χ4n) is 1.51. The fraction of sp³-hybridized carbons (Fsp3) is 0.182. The number of benzene rings is 1. The molecule has 2 aromatic rings. The molecule has 0 saturated heterocycles. The second-order valence-corrected chi connectivity index (χ2v) is 3.70. The summed E-state index contributed by atoms with van der Waals surface area (Å²) in [5.41, 5.74) is 6.34. The van der Waals surface area contributed by atoms with Crippen molar-refractivity contribution in [3.05, 3.63) is 35.7 Å². The van der Waals surface area contributed by atoms with Gasteiger partial charge in [0.25, 0.3) is 0 Å². The number of carboxylic acid groups (broad SMARTS) is 1. The quantitative estimate of drug-likeness (QED) is 0.771. The zero-order valence-electron chi connectivity index (χ0n) is 9.70. The lowest BCUT2D eigenvalue weighted by atomic mass is 10.1. The van der Waals surface area contributed by atoms with Crippen LogP contribution in [0.1, 0.15) is 16.1 Å². The van der Waals surface area contributed by atoms with Crippen LogP contribution in [0.15, 0.2) is 24.4 Å². The minimum Gasteiger partial charge on any atom is -0.486 e. The van der Waals surface area contributed by atoms with Gasteiger partial charge >= 0.3 is 5.97 Å². The van der Waals surface area contributed by atoms with Crippen molar-refractivity contribution in [2.45, 2.75) is 6.61 Å². The van der Waals surface area contributed by atoms with Gasteiger partial charge in [-0.25, -0.2) is 4.79 Å². The summed E-state index contributed by atoms with van der Waals surface area (Å²) in [5.74, 6) is -0.907. The molecule has 0 aliphatic rings. The molecule has 0 atom stereocenters. The second kappa shape index (κ2) is 4.74. The molecule has 0 spiro atoms. The molecule has 0 radical (unpaired) electrons. The molecule has 94 valence electrons. The molecule has 7 heteroatoms. The summed E-state index contributed by atoms with van der Waals surface area (Å²) in [5, 5.41) is 16.6. The number of hydrogen-bond donors (Lipinski definition) is 2. The van der Waals surface area contributed by atoms with E-state index >= 15 is 0 Å². The number of aromatic nitrogens is 3. The second-order valence-electron chi connectivity index (χ2n) is 3.70. The van der Waals surface area contributed by atoms with Crippen LogP contribution in [0.25, 0.3) is 0 Å². The van der Waals surface area contributed by atoms with E-state index in [1.807, 2.05) is 0 Å². The molecule has 0 fully saturated rings. The molecule has 0 unspecified atom stereocenters. The van der Waals surface area contributed by atoms with Crippen molar-refractivity contribution in [1.29, 1.82) is 0 Å². The first-order valence-electron chi connectivity index (χ1n) is 5.17. The van der Waals surface area contributed by atoms with E-state index in [1.54, 1.807) is 25.4 Å². The van der Waals surface area contributed by atoms with Gasteiger partial charge in [-0.2, -0.15) is 0 Å². The largest absolute Gasteiger partial charge is 0.486 e. The Hall–Kier alpha value is -2.57. The molecule has 1 aromatic heterocycles. The van der Waals surface area contributed by atoms with Gasteiger partial charge in [0.05, 0.1) is 6.20 Å². The van der Waals surface area contributed by atoms with Crippen LogP contribution >= 0.6 is 0 Å². The molecule has 1 aromatic carbocycles. The predicted octanol–water partition coefficient (Wildman–Crippen LogP) is 0.674. The van der Waals surface area contributed by atoms with Crippen LogP contribution in [0.4, 0.5) is 5.69 Å². The lowest BCUT2D eigenvalue weighted by molar-refractivity contribution is 0.0693. The molecule has 2 rings (SSSR count).